The average Bonchev–Trinajstić information content (AvgIpc) is 2.89. The van der Waals surface area contributed by atoms with Crippen LogP contribution in [0.5, 0.6) is 0 Å². The summed E-state index contributed by atoms with van der Waals surface area (Å²) in [6.07, 6.45) is 1.02. The quantitative estimate of drug-likeness (QED) is 0.339. The minimum absolute atomic E-state index is 0.0748. The number of hydrogen-bond donors (Lipinski definition) is 2. The van der Waals surface area contributed by atoms with Crippen LogP contribution in [0.25, 0.3) is 0 Å². The van der Waals surface area contributed by atoms with Gasteiger partial charge < -0.3 is 10.6 Å². The van der Waals surface area contributed by atoms with Crippen molar-refractivity contribution in [3.05, 3.63) is 138 Å². The Labute approximate surface area is 200 Å². The Morgan fingerprint density at radius 3 is 1.79 bits per heavy atom. The maximum absolute atomic E-state index is 13.1. The normalized spacial score (nSPS) is 10.6. The van der Waals surface area contributed by atoms with Crippen molar-refractivity contribution < 1.29 is 9.59 Å². The molecule has 0 aliphatic rings. The van der Waals surface area contributed by atoms with E-state index in [1.165, 1.54) is 0 Å². The van der Waals surface area contributed by atoms with Crippen molar-refractivity contribution in [1.82, 2.24) is 5.32 Å². The fraction of sp³-hybridized carbons (Fsp3) is 0.133. The lowest BCUT2D eigenvalue weighted by atomic mass is 9.88. The van der Waals surface area contributed by atoms with Crippen LogP contribution in [0, 0.1) is 0 Å². The van der Waals surface area contributed by atoms with Crippen LogP contribution in [0.1, 0.15) is 39.4 Å². The van der Waals surface area contributed by atoms with Gasteiger partial charge in [-0.25, -0.2) is 0 Å². The number of nitrogens with one attached hydrogen (secondary N) is 2. The summed E-state index contributed by atoms with van der Waals surface area (Å²) in [5, 5.41) is 5.93. The van der Waals surface area contributed by atoms with Gasteiger partial charge in [0.15, 0.2) is 0 Å². The molecule has 0 aliphatic heterocycles. The first-order chi connectivity index (χ1) is 16.7. The van der Waals surface area contributed by atoms with Gasteiger partial charge in [0.25, 0.3) is 5.91 Å². The Morgan fingerprint density at radius 2 is 1.18 bits per heavy atom. The van der Waals surface area contributed by atoms with Crippen molar-refractivity contribution in [3.63, 3.8) is 0 Å². The van der Waals surface area contributed by atoms with Crippen LogP contribution in [-0.4, -0.2) is 18.4 Å². The summed E-state index contributed by atoms with van der Waals surface area (Å²) < 4.78 is 0. The Kier molecular flexibility index (Phi) is 7.86. The van der Waals surface area contributed by atoms with Gasteiger partial charge in [0.2, 0.25) is 5.91 Å². The number of para-hydroxylation sites is 1. The molecular formula is C30H28N2O2. The highest BCUT2D eigenvalue weighted by molar-refractivity contribution is 6.03. The lowest BCUT2D eigenvalue weighted by molar-refractivity contribution is -0.116. The molecule has 0 bridgehead atoms. The van der Waals surface area contributed by atoms with Gasteiger partial charge in [-0.2, -0.15) is 0 Å². The van der Waals surface area contributed by atoms with Gasteiger partial charge in [0.05, 0.1) is 11.3 Å². The van der Waals surface area contributed by atoms with Gasteiger partial charge in [-0.05, 0) is 35.2 Å². The molecule has 0 spiro atoms. The number of anilines is 1. The molecule has 0 unspecified atom stereocenters. The fourth-order valence-electron chi connectivity index (χ4n) is 4.04. The van der Waals surface area contributed by atoms with Gasteiger partial charge in [-0.15, -0.1) is 0 Å². The lowest BCUT2D eigenvalue weighted by Gasteiger charge is -2.18. The Balaban J connectivity index is 1.44. The van der Waals surface area contributed by atoms with Crippen LogP contribution in [0.2, 0.25) is 0 Å². The molecule has 0 atom stereocenters. The van der Waals surface area contributed by atoms with Gasteiger partial charge >= 0.3 is 0 Å². The zero-order valence-corrected chi connectivity index (χ0v) is 19.0. The summed E-state index contributed by atoms with van der Waals surface area (Å²) in [6.45, 7) is 0.523. The molecule has 0 aliphatic carbocycles. The van der Waals surface area contributed by atoms with E-state index in [1.54, 1.807) is 18.2 Å². The van der Waals surface area contributed by atoms with Crippen LogP contribution in [0.15, 0.2) is 115 Å². The molecule has 0 heterocycles. The molecule has 4 heteroatoms. The highest BCUT2D eigenvalue weighted by Gasteiger charge is 2.20. The smallest absolute Gasteiger partial charge is 0.253 e. The highest BCUT2D eigenvalue weighted by Crippen LogP contribution is 2.28. The van der Waals surface area contributed by atoms with E-state index in [4.69, 9.17) is 0 Å². The number of benzene rings is 4. The second-order valence-corrected chi connectivity index (χ2v) is 8.16. The SMILES string of the molecule is O=C(CC(c1ccccc1)c1ccccc1)Nc1ccccc1C(=O)NCCc1ccccc1. The van der Waals surface area contributed by atoms with Gasteiger partial charge in [-0.3, -0.25) is 9.59 Å². The van der Waals surface area contributed by atoms with Crippen LogP contribution in [0.3, 0.4) is 0 Å². The summed E-state index contributed by atoms with van der Waals surface area (Å²) in [5.41, 5.74) is 4.30. The first-order valence-corrected chi connectivity index (χ1v) is 11.5. The Hall–Kier alpha value is -4.18. The maximum Gasteiger partial charge on any atom is 0.253 e. The molecule has 0 saturated heterocycles. The number of carbonyl (C=O) groups is 2. The number of hydrogen-bond acceptors (Lipinski definition) is 2. The Bertz CT molecular complexity index is 1170. The van der Waals surface area contributed by atoms with Crippen LogP contribution >= 0.6 is 0 Å². The molecule has 4 aromatic rings. The highest BCUT2D eigenvalue weighted by atomic mass is 16.2. The van der Waals surface area contributed by atoms with Gasteiger partial charge in [0.1, 0.15) is 0 Å². The largest absolute Gasteiger partial charge is 0.352 e. The standard InChI is InChI=1S/C30H28N2O2/c33-29(22-27(24-14-6-2-7-15-24)25-16-8-3-9-17-25)32-28-19-11-10-18-26(28)30(34)31-21-20-23-12-4-1-5-13-23/h1-19,27H,20-22H2,(H,31,34)(H,32,33). The first kappa shape index (κ1) is 23.0. The third kappa shape index (κ3) is 6.20. The van der Waals surface area contributed by atoms with Crippen molar-refractivity contribution in [1.29, 1.82) is 0 Å². The fourth-order valence-corrected chi connectivity index (χ4v) is 4.04. The van der Waals surface area contributed by atoms with Crippen LogP contribution < -0.4 is 10.6 Å². The van der Waals surface area contributed by atoms with E-state index >= 15 is 0 Å². The van der Waals surface area contributed by atoms with Crippen molar-refractivity contribution >= 4 is 17.5 Å². The molecule has 0 saturated carbocycles. The summed E-state index contributed by atoms with van der Waals surface area (Å²) in [4.78, 5) is 25.9. The number of carbonyl (C=O) groups excluding carboxylic acids is 2. The van der Waals surface area contributed by atoms with Crippen LogP contribution in [-0.2, 0) is 11.2 Å². The predicted octanol–water partition coefficient (Wildman–Crippen LogP) is 5.82. The molecule has 170 valence electrons. The number of amides is 2. The first-order valence-electron chi connectivity index (χ1n) is 11.5. The van der Waals surface area contributed by atoms with Gasteiger partial charge in [0, 0.05) is 18.9 Å². The summed E-state index contributed by atoms with van der Waals surface area (Å²) >= 11 is 0. The summed E-state index contributed by atoms with van der Waals surface area (Å²) in [5.74, 6) is -0.411. The topological polar surface area (TPSA) is 58.2 Å². The molecular weight excluding hydrogens is 420 g/mol. The molecule has 0 fully saturated rings. The van der Waals surface area contributed by atoms with Crippen molar-refractivity contribution in [2.45, 2.75) is 18.8 Å². The monoisotopic (exact) mass is 448 g/mol. The van der Waals surface area contributed by atoms with E-state index < -0.39 is 0 Å². The van der Waals surface area contributed by atoms with E-state index in [1.807, 2.05) is 97.1 Å². The van der Waals surface area contributed by atoms with E-state index in [0.717, 1.165) is 23.1 Å². The van der Waals surface area contributed by atoms with Crippen molar-refractivity contribution in [2.24, 2.45) is 0 Å². The Morgan fingerprint density at radius 1 is 0.647 bits per heavy atom. The molecule has 4 aromatic carbocycles. The lowest BCUT2D eigenvalue weighted by Crippen LogP contribution is -2.27. The molecule has 4 rings (SSSR count). The summed E-state index contributed by atoms with van der Waals surface area (Å²) in [6, 6.07) is 37.2. The molecule has 0 radical (unpaired) electrons. The molecule has 4 nitrogen and oxygen atoms in total. The molecule has 34 heavy (non-hydrogen) atoms. The second-order valence-electron chi connectivity index (χ2n) is 8.16. The van der Waals surface area contributed by atoms with E-state index in [0.29, 0.717) is 17.8 Å². The van der Waals surface area contributed by atoms with E-state index in [9.17, 15) is 9.59 Å². The van der Waals surface area contributed by atoms with Crippen molar-refractivity contribution in [2.75, 3.05) is 11.9 Å². The summed E-state index contributed by atoms with van der Waals surface area (Å²) in [7, 11) is 0. The molecule has 2 amide bonds. The van der Waals surface area contributed by atoms with E-state index in [2.05, 4.69) is 10.6 Å². The minimum atomic E-state index is -0.200. The zero-order valence-electron chi connectivity index (χ0n) is 19.0. The van der Waals surface area contributed by atoms with E-state index in [-0.39, 0.29) is 24.2 Å². The molecule has 2 N–H and O–H groups in total. The minimum Gasteiger partial charge on any atom is -0.352 e. The molecule has 0 aromatic heterocycles. The third-order valence-electron chi connectivity index (χ3n) is 5.78. The van der Waals surface area contributed by atoms with Crippen LogP contribution in [0.4, 0.5) is 5.69 Å². The third-order valence-corrected chi connectivity index (χ3v) is 5.78. The number of rotatable bonds is 9. The van der Waals surface area contributed by atoms with Gasteiger partial charge in [-0.1, -0.05) is 103 Å². The second kappa shape index (κ2) is 11.6. The van der Waals surface area contributed by atoms with Crippen molar-refractivity contribution in [3.8, 4) is 0 Å². The average molecular weight is 449 g/mol. The predicted molar refractivity (Wildman–Crippen MR) is 137 cm³/mol. The zero-order chi connectivity index (χ0) is 23.6. The maximum atomic E-state index is 13.1.